The Hall–Kier alpha value is -2.55. The van der Waals surface area contributed by atoms with Crippen LogP contribution in [-0.2, 0) is 6.42 Å². The number of nitrogens with zero attached hydrogens (tertiary/aromatic N) is 3. The Morgan fingerprint density at radius 2 is 1.40 bits per heavy atom. The van der Waals surface area contributed by atoms with Gasteiger partial charge in [0.15, 0.2) is 5.82 Å². The molecule has 0 atom stereocenters. The van der Waals surface area contributed by atoms with Gasteiger partial charge in [-0.05, 0) is 12.5 Å². The van der Waals surface area contributed by atoms with Crippen molar-refractivity contribution in [2.24, 2.45) is 0 Å². The number of hydrogen-bond acceptors (Lipinski definition) is 3. The maximum Gasteiger partial charge on any atom is 0.163 e. The molecule has 0 fully saturated rings. The molecule has 1 aromatic heterocycles. The zero-order valence-electron chi connectivity index (χ0n) is 11.3. The van der Waals surface area contributed by atoms with Gasteiger partial charge in [0.2, 0.25) is 0 Å². The highest BCUT2D eigenvalue weighted by atomic mass is 15.0. The van der Waals surface area contributed by atoms with Gasteiger partial charge in [-0.3, -0.25) is 0 Å². The minimum Gasteiger partial charge on any atom is -0.218 e. The van der Waals surface area contributed by atoms with E-state index in [0.717, 1.165) is 29.5 Å². The lowest BCUT2D eigenvalue weighted by Crippen LogP contribution is -2.03. The van der Waals surface area contributed by atoms with Crippen LogP contribution in [0, 0.1) is 6.92 Å². The molecule has 0 saturated carbocycles. The monoisotopic (exact) mass is 261 g/mol. The smallest absolute Gasteiger partial charge is 0.163 e. The van der Waals surface area contributed by atoms with Gasteiger partial charge in [0, 0.05) is 12.0 Å². The molecule has 3 heteroatoms. The van der Waals surface area contributed by atoms with E-state index in [0.29, 0.717) is 0 Å². The predicted octanol–water partition coefficient (Wildman–Crippen LogP) is 3.44. The molecule has 0 bridgehead atoms. The average molecular weight is 261 g/mol. The molecule has 0 aliphatic rings. The van der Waals surface area contributed by atoms with Crippen molar-refractivity contribution in [1.82, 2.24) is 15.0 Å². The fourth-order valence-electron chi connectivity index (χ4n) is 2.11. The van der Waals surface area contributed by atoms with Crippen LogP contribution in [0.1, 0.15) is 17.2 Å². The Balaban J connectivity index is 1.95. The molecular formula is C17H15N3. The maximum absolute atomic E-state index is 4.58. The minimum absolute atomic E-state index is 0.726. The van der Waals surface area contributed by atoms with Gasteiger partial charge in [-0.1, -0.05) is 60.7 Å². The van der Waals surface area contributed by atoms with Crippen LogP contribution in [0.25, 0.3) is 11.4 Å². The highest BCUT2D eigenvalue weighted by Crippen LogP contribution is 2.15. The molecule has 0 amide bonds. The summed E-state index contributed by atoms with van der Waals surface area (Å²) in [5, 5.41) is 0. The van der Waals surface area contributed by atoms with Crippen LogP contribution < -0.4 is 0 Å². The summed E-state index contributed by atoms with van der Waals surface area (Å²) < 4.78 is 0. The summed E-state index contributed by atoms with van der Waals surface area (Å²) in [5.41, 5.74) is 2.23. The Labute approximate surface area is 118 Å². The van der Waals surface area contributed by atoms with E-state index in [1.807, 2.05) is 55.5 Å². The van der Waals surface area contributed by atoms with Crippen LogP contribution in [0.4, 0.5) is 0 Å². The summed E-state index contributed by atoms with van der Waals surface area (Å²) in [6, 6.07) is 20.2. The van der Waals surface area contributed by atoms with Gasteiger partial charge < -0.3 is 0 Å². The Morgan fingerprint density at radius 3 is 2.10 bits per heavy atom. The molecule has 3 nitrogen and oxygen atoms in total. The molecule has 98 valence electrons. The zero-order valence-corrected chi connectivity index (χ0v) is 11.3. The minimum atomic E-state index is 0.726. The molecule has 0 aliphatic carbocycles. The summed E-state index contributed by atoms with van der Waals surface area (Å²) in [7, 11) is 0. The third kappa shape index (κ3) is 2.88. The second-order valence-electron chi connectivity index (χ2n) is 4.65. The molecule has 3 aromatic rings. The lowest BCUT2D eigenvalue weighted by atomic mass is 10.1. The van der Waals surface area contributed by atoms with E-state index in [4.69, 9.17) is 0 Å². The van der Waals surface area contributed by atoms with Crippen molar-refractivity contribution in [3.05, 3.63) is 77.9 Å². The van der Waals surface area contributed by atoms with Crippen molar-refractivity contribution in [3.8, 4) is 11.4 Å². The summed E-state index contributed by atoms with van der Waals surface area (Å²) in [5.74, 6) is 2.30. The second-order valence-corrected chi connectivity index (χ2v) is 4.65. The van der Waals surface area contributed by atoms with E-state index in [-0.39, 0.29) is 0 Å². The molecule has 0 spiro atoms. The molecule has 0 N–H and O–H groups in total. The van der Waals surface area contributed by atoms with Crippen molar-refractivity contribution in [3.63, 3.8) is 0 Å². The van der Waals surface area contributed by atoms with Crippen molar-refractivity contribution >= 4 is 0 Å². The Bertz CT molecular complexity index is 694. The highest BCUT2D eigenvalue weighted by molar-refractivity contribution is 5.54. The summed E-state index contributed by atoms with van der Waals surface area (Å²) in [6.07, 6.45) is 0.726. The molecule has 20 heavy (non-hydrogen) atoms. The molecule has 0 aliphatic heterocycles. The highest BCUT2D eigenvalue weighted by Gasteiger charge is 2.06. The van der Waals surface area contributed by atoms with E-state index >= 15 is 0 Å². The molecule has 0 unspecified atom stereocenters. The average Bonchev–Trinajstić information content (AvgIpc) is 2.49. The quantitative estimate of drug-likeness (QED) is 0.725. The number of hydrogen-bond donors (Lipinski definition) is 0. The summed E-state index contributed by atoms with van der Waals surface area (Å²) >= 11 is 0. The van der Waals surface area contributed by atoms with Gasteiger partial charge in [-0.2, -0.15) is 0 Å². The summed E-state index contributed by atoms with van der Waals surface area (Å²) in [4.78, 5) is 13.4. The van der Waals surface area contributed by atoms with Gasteiger partial charge in [-0.15, -0.1) is 0 Å². The number of benzene rings is 2. The normalized spacial score (nSPS) is 10.4. The first-order chi connectivity index (χ1) is 9.81. The largest absolute Gasteiger partial charge is 0.218 e. The summed E-state index contributed by atoms with van der Waals surface area (Å²) in [6.45, 7) is 1.91. The Kier molecular flexibility index (Phi) is 3.50. The van der Waals surface area contributed by atoms with Crippen LogP contribution in [0.5, 0.6) is 0 Å². The van der Waals surface area contributed by atoms with E-state index in [1.165, 1.54) is 5.56 Å². The van der Waals surface area contributed by atoms with Gasteiger partial charge in [0.25, 0.3) is 0 Å². The lowest BCUT2D eigenvalue weighted by Gasteiger charge is -2.05. The lowest BCUT2D eigenvalue weighted by molar-refractivity contribution is 0.886. The molecule has 0 radical (unpaired) electrons. The number of aromatic nitrogens is 3. The maximum atomic E-state index is 4.58. The zero-order chi connectivity index (χ0) is 13.8. The standard InChI is InChI=1S/C17H15N3/c1-13-18-16(12-14-8-4-2-5-9-14)20-17(19-13)15-10-6-3-7-11-15/h2-11H,12H2,1H3. The number of aryl methyl sites for hydroxylation is 1. The molecular weight excluding hydrogens is 246 g/mol. The van der Waals surface area contributed by atoms with Gasteiger partial charge >= 0.3 is 0 Å². The van der Waals surface area contributed by atoms with Crippen molar-refractivity contribution in [2.45, 2.75) is 13.3 Å². The molecule has 3 rings (SSSR count). The fourth-order valence-corrected chi connectivity index (χ4v) is 2.11. The van der Waals surface area contributed by atoms with Crippen LogP contribution in [0.2, 0.25) is 0 Å². The van der Waals surface area contributed by atoms with Gasteiger partial charge in [0.1, 0.15) is 11.6 Å². The number of rotatable bonds is 3. The van der Waals surface area contributed by atoms with Gasteiger partial charge in [-0.25, -0.2) is 15.0 Å². The van der Waals surface area contributed by atoms with Crippen molar-refractivity contribution < 1.29 is 0 Å². The van der Waals surface area contributed by atoms with Crippen molar-refractivity contribution in [2.75, 3.05) is 0 Å². The van der Waals surface area contributed by atoms with Crippen LogP contribution >= 0.6 is 0 Å². The van der Waals surface area contributed by atoms with Crippen molar-refractivity contribution in [1.29, 1.82) is 0 Å². The predicted molar refractivity (Wildman–Crippen MR) is 79.2 cm³/mol. The van der Waals surface area contributed by atoms with E-state index in [1.54, 1.807) is 0 Å². The third-order valence-electron chi connectivity index (χ3n) is 3.03. The second kappa shape index (κ2) is 5.61. The van der Waals surface area contributed by atoms with Gasteiger partial charge in [0.05, 0.1) is 0 Å². The fraction of sp³-hybridized carbons (Fsp3) is 0.118. The van der Waals surface area contributed by atoms with E-state index < -0.39 is 0 Å². The molecule has 1 heterocycles. The Morgan fingerprint density at radius 1 is 0.750 bits per heavy atom. The SMILES string of the molecule is Cc1nc(Cc2ccccc2)nc(-c2ccccc2)n1. The first-order valence-corrected chi connectivity index (χ1v) is 6.62. The first kappa shape index (κ1) is 12.5. The molecule has 2 aromatic carbocycles. The molecule has 0 saturated heterocycles. The first-order valence-electron chi connectivity index (χ1n) is 6.62. The van der Waals surface area contributed by atoms with Crippen LogP contribution in [0.3, 0.4) is 0 Å². The van der Waals surface area contributed by atoms with E-state index in [2.05, 4.69) is 27.1 Å². The van der Waals surface area contributed by atoms with E-state index in [9.17, 15) is 0 Å². The topological polar surface area (TPSA) is 38.7 Å². The van der Waals surface area contributed by atoms with Crippen LogP contribution in [0.15, 0.2) is 60.7 Å². The third-order valence-corrected chi connectivity index (χ3v) is 3.03. The van der Waals surface area contributed by atoms with Crippen LogP contribution in [-0.4, -0.2) is 15.0 Å².